The normalized spacial score (nSPS) is 11.0. The van der Waals surface area contributed by atoms with Gasteiger partial charge in [-0.05, 0) is 17.7 Å². The Hall–Kier alpha value is -0.493. The second kappa shape index (κ2) is 6.17. The molecule has 0 aliphatic carbocycles. The van der Waals surface area contributed by atoms with E-state index in [-0.39, 0.29) is 0 Å². The van der Waals surface area contributed by atoms with Crippen molar-refractivity contribution < 1.29 is 0 Å². The van der Waals surface area contributed by atoms with Crippen molar-refractivity contribution in [2.24, 2.45) is 0 Å². The van der Waals surface area contributed by atoms with Gasteiger partial charge in [0.15, 0.2) is 0 Å². The zero-order chi connectivity index (χ0) is 11.1. The number of hydrogen-bond donors (Lipinski definition) is 0. The van der Waals surface area contributed by atoms with Gasteiger partial charge in [-0.15, -0.1) is 22.2 Å². The summed E-state index contributed by atoms with van der Waals surface area (Å²) in [7, 11) is 0. The molecule has 0 unspecified atom stereocenters. The summed E-state index contributed by atoms with van der Waals surface area (Å²) < 4.78 is 0. The number of rotatable bonds is 5. The molecule has 0 N–H and O–H groups in total. The van der Waals surface area contributed by atoms with Crippen molar-refractivity contribution in [2.45, 2.75) is 25.3 Å². The Morgan fingerprint density at radius 2 is 1.80 bits per heavy atom. The van der Waals surface area contributed by atoms with Crippen LogP contribution < -0.4 is 5.19 Å². The molecule has 80 valence electrons. The van der Waals surface area contributed by atoms with Gasteiger partial charge in [0.25, 0.3) is 6.69 Å². The fraction of sp³-hybridized carbons (Fsp3) is 0.364. The summed E-state index contributed by atoms with van der Waals surface area (Å²) in [6.45, 7) is -2.29. The minimum atomic E-state index is -2.29. The Bertz CT molecular complexity index is 332. The lowest BCUT2D eigenvalue weighted by Gasteiger charge is -2.16. The van der Waals surface area contributed by atoms with Crippen molar-refractivity contribution in [3.8, 4) is 6.07 Å². The van der Waals surface area contributed by atoms with Crippen molar-refractivity contribution >= 4 is 34.0 Å². The maximum absolute atomic E-state index is 8.41. The molecular weight excluding hydrogens is 245 g/mol. The number of hydrogen-bond acceptors (Lipinski definition) is 1. The second-order valence-electron chi connectivity index (χ2n) is 3.44. The summed E-state index contributed by atoms with van der Waals surface area (Å²) >= 11 is 12.7. The van der Waals surface area contributed by atoms with E-state index < -0.39 is 6.69 Å². The molecule has 0 aliphatic heterocycles. The predicted molar refractivity (Wildman–Crippen MR) is 67.8 cm³/mol. The molecule has 0 bridgehead atoms. The molecule has 15 heavy (non-hydrogen) atoms. The third kappa shape index (κ3) is 4.25. The van der Waals surface area contributed by atoms with Crippen molar-refractivity contribution in [3.63, 3.8) is 0 Å². The van der Waals surface area contributed by atoms with Gasteiger partial charge >= 0.3 is 0 Å². The fourth-order valence-corrected chi connectivity index (χ4v) is 4.60. The molecule has 0 saturated heterocycles. The Morgan fingerprint density at radius 1 is 1.13 bits per heavy atom. The molecule has 0 aliphatic rings. The number of halogens is 2. The van der Waals surface area contributed by atoms with E-state index in [9.17, 15) is 0 Å². The summed E-state index contributed by atoms with van der Waals surface area (Å²) in [5, 5.41) is 9.47. The molecule has 0 spiro atoms. The van der Waals surface area contributed by atoms with Crippen molar-refractivity contribution in [1.29, 1.82) is 5.26 Å². The van der Waals surface area contributed by atoms with Crippen molar-refractivity contribution in [2.75, 3.05) is 0 Å². The van der Waals surface area contributed by atoms with Gasteiger partial charge in [0.05, 0.1) is 6.07 Å². The van der Waals surface area contributed by atoms with Gasteiger partial charge in [-0.1, -0.05) is 36.8 Å². The average Bonchev–Trinajstić information content (AvgIpc) is 2.26. The lowest BCUT2D eigenvalue weighted by atomic mass is 10.3. The van der Waals surface area contributed by atoms with Crippen molar-refractivity contribution in [3.05, 3.63) is 30.3 Å². The highest BCUT2D eigenvalue weighted by atomic mass is 35.7. The molecule has 0 radical (unpaired) electrons. The Morgan fingerprint density at radius 3 is 2.40 bits per heavy atom. The van der Waals surface area contributed by atoms with Crippen LogP contribution >= 0.6 is 22.2 Å². The van der Waals surface area contributed by atoms with Crippen LogP contribution in [0.4, 0.5) is 0 Å². The number of nitrogens with zero attached hydrogens (tertiary/aromatic N) is 1. The molecule has 1 nitrogen and oxygen atoms in total. The van der Waals surface area contributed by atoms with Gasteiger partial charge in [-0.3, -0.25) is 0 Å². The van der Waals surface area contributed by atoms with Crippen LogP contribution in [0.5, 0.6) is 0 Å². The molecule has 0 aromatic heterocycles. The smallest absolute Gasteiger partial charge is 0.198 e. The topological polar surface area (TPSA) is 23.8 Å². The first-order valence-corrected chi connectivity index (χ1v) is 9.20. The van der Waals surface area contributed by atoms with Crippen LogP contribution in [0, 0.1) is 11.3 Å². The maximum atomic E-state index is 8.41. The van der Waals surface area contributed by atoms with E-state index in [1.807, 2.05) is 30.3 Å². The highest BCUT2D eigenvalue weighted by molar-refractivity contribution is 7.50. The van der Waals surface area contributed by atoms with Gasteiger partial charge in [0.1, 0.15) is 0 Å². The lowest BCUT2D eigenvalue weighted by Crippen LogP contribution is -2.35. The van der Waals surface area contributed by atoms with Crippen LogP contribution in [0.2, 0.25) is 6.04 Å². The molecule has 0 atom stereocenters. The zero-order valence-corrected chi connectivity index (χ0v) is 10.9. The largest absolute Gasteiger partial charge is 0.280 e. The highest BCUT2D eigenvalue weighted by Crippen LogP contribution is 2.23. The van der Waals surface area contributed by atoms with E-state index in [1.54, 1.807) is 0 Å². The third-order valence-electron chi connectivity index (χ3n) is 2.23. The van der Waals surface area contributed by atoms with Crippen LogP contribution in [0.1, 0.15) is 19.3 Å². The molecule has 1 aromatic rings. The molecular formula is C11H13Cl2NSi. The first-order chi connectivity index (χ1) is 7.17. The van der Waals surface area contributed by atoms with Crippen LogP contribution in [0.15, 0.2) is 30.3 Å². The summed E-state index contributed by atoms with van der Waals surface area (Å²) in [6, 6.07) is 12.8. The summed E-state index contributed by atoms with van der Waals surface area (Å²) in [6.07, 6.45) is 2.41. The Balaban J connectivity index is 2.49. The summed E-state index contributed by atoms with van der Waals surface area (Å²) in [4.78, 5) is 0. The quantitative estimate of drug-likeness (QED) is 0.450. The van der Waals surface area contributed by atoms with E-state index in [0.29, 0.717) is 6.42 Å². The second-order valence-corrected chi connectivity index (χ2v) is 10.4. The maximum Gasteiger partial charge on any atom is 0.280 e. The molecule has 0 saturated carbocycles. The monoisotopic (exact) mass is 257 g/mol. The van der Waals surface area contributed by atoms with Crippen LogP contribution in [0.3, 0.4) is 0 Å². The Kier molecular flexibility index (Phi) is 5.17. The minimum Gasteiger partial charge on any atom is -0.198 e. The van der Waals surface area contributed by atoms with E-state index in [0.717, 1.165) is 24.1 Å². The highest BCUT2D eigenvalue weighted by Gasteiger charge is 2.29. The molecule has 0 fully saturated rings. The van der Waals surface area contributed by atoms with Gasteiger partial charge in [0, 0.05) is 6.42 Å². The first kappa shape index (κ1) is 12.6. The molecule has 4 heteroatoms. The average molecular weight is 258 g/mol. The molecule has 1 rings (SSSR count). The number of nitriles is 1. The van der Waals surface area contributed by atoms with Gasteiger partial charge in [0.2, 0.25) is 0 Å². The van der Waals surface area contributed by atoms with E-state index >= 15 is 0 Å². The molecule has 1 aromatic carbocycles. The van der Waals surface area contributed by atoms with Gasteiger partial charge in [-0.2, -0.15) is 5.26 Å². The SMILES string of the molecule is N#CCCCC[Si](Cl)(Cl)c1ccccc1. The van der Waals surface area contributed by atoms with E-state index in [4.69, 9.17) is 27.4 Å². The first-order valence-electron chi connectivity index (χ1n) is 4.97. The van der Waals surface area contributed by atoms with Gasteiger partial charge in [-0.25, -0.2) is 0 Å². The minimum absolute atomic E-state index is 0.590. The van der Waals surface area contributed by atoms with Crippen LogP contribution in [0.25, 0.3) is 0 Å². The Labute approximate surface area is 101 Å². The number of benzene rings is 1. The van der Waals surface area contributed by atoms with Gasteiger partial charge < -0.3 is 0 Å². The lowest BCUT2D eigenvalue weighted by molar-refractivity contribution is 0.816. The molecule has 0 amide bonds. The van der Waals surface area contributed by atoms with Crippen LogP contribution in [-0.4, -0.2) is 6.69 Å². The molecule has 0 heterocycles. The summed E-state index contributed by atoms with van der Waals surface area (Å²) in [5.41, 5.74) is 0. The van der Waals surface area contributed by atoms with E-state index in [2.05, 4.69) is 6.07 Å². The standard InChI is InChI=1S/C11H13Cl2NSi/c12-15(13,10-6-2-5-9-14)11-7-3-1-4-8-11/h1,3-4,7-8H,2,5-6,10H2. The van der Waals surface area contributed by atoms with Crippen molar-refractivity contribution in [1.82, 2.24) is 0 Å². The fourth-order valence-electron chi connectivity index (χ4n) is 1.38. The third-order valence-corrected chi connectivity index (χ3v) is 6.83. The predicted octanol–water partition coefficient (Wildman–Crippen LogP) is 3.51. The van der Waals surface area contributed by atoms with E-state index in [1.165, 1.54) is 0 Å². The number of unbranched alkanes of at least 4 members (excludes halogenated alkanes) is 2. The zero-order valence-electron chi connectivity index (χ0n) is 8.42. The van der Waals surface area contributed by atoms with Crippen LogP contribution in [-0.2, 0) is 0 Å². The summed E-state index contributed by atoms with van der Waals surface area (Å²) in [5.74, 6) is 0.